The number of ketones is 1. The first kappa shape index (κ1) is 14.1. The number of aromatic carboxylic acids is 1. The number of carboxylic acids is 1. The number of carbonyl (C=O) groups is 2. The quantitative estimate of drug-likeness (QED) is 0.882. The summed E-state index contributed by atoms with van der Waals surface area (Å²) in [6, 6.07) is 10.3. The van der Waals surface area contributed by atoms with Crippen LogP contribution in [0.5, 0.6) is 11.5 Å². The van der Waals surface area contributed by atoms with Crippen molar-refractivity contribution in [2.75, 3.05) is 13.2 Å². The van der Waals surface area contributed by atoms with Gasteiger partial charge in [-0.05, 0) is 30.2 Å². The van der Waals surface area contributed by atoms with Crippen molar-refractivity contribution >= 4 is 11.8 Å². The summed E-state index contributed by atoms with van der Waals surface area (Å²) in [5.41, 5.74) is 2.20. The fourth-order valence-corrected chi connectivity index (χ4v) is 2.38. The number of carbonyl (C=O) groups excluding carboxylic acids is 1. The minimum absolute atomic E-state index is 0.0139. The van der Waals surface area contributed by atoms with Crippen LogP contribution in [-0.2, 0) is 0 Å². The summed E-state index contributed by atoms with van der Waals surface area (Å²) in [5, 5.41) is 9.35. The van der Waals surface area contributed by atoms with Gasteiger partial charge in [-0.2, -0.15) is 0 Å². The second kappa shape index (κ2) is 5.52. The zero-order valence-corrected chi connectivity index (χ0v) is 12.0. The van der Waals surface area contributed by atoms with E-state index in [1.807, 2.05) is 0 Å². The van der Waals surface area contributed by atoms with Crippen LogP contribution >= 0.6 is 0 Å². The van der Waals surface area contributed by atoms with Gasteiger partial charge in [-0.3, -0.25) is 4.79 Å². The molecular weight excluding hydrogens is 284 g/mol. The summed E-state index contributed by atoms with van der Waals surface area (Å²) in [6.45, 7) is 2.22. The van der Waals surface area contributed by atoms with Crippen molar-refractivity contribution in [2.24, 2.45) is 0 Å². The number of hydrogen-bond acceptors (Lipinski definition) is 4. The molecule has 0 saturated heterocycles. The third-order valence-corrected chi connectivity index (χ3v) is 3.50. The Morgan fingerprint density at radius 3 is 2.32 bits per heavy atom. The highest BCUT2D eigenvalue weighted by molar-refractivity contribution is 5.96. The summed E-state index contributed by atoms with van der Waals surface area (Å²) < 4.78 is 10.9. The SMILES string of the molecule is CC(=O)c1ccc(-c2cc3c(c(C(=O)O)c2)OCCO3)cc1. The van der Waals surface area contributed by atoms with Crippen LogP contribution in [0, 0.1) is 0 Å². The number of hydrogen-bond donors (Lipinski definition) is 1. The number of rotatable bonds is 3. The third kappa shape index (κ3) is 2.53. The van der Waals surface area contributed by atoms with Gasteiger partial charge in [0.05, 0.1) is 0 Å². The maximum Gasteiger partial charge on any atom is 0.339 e. The van der Waals surface area contributed by atoms with E-state index in [1.165, 1.54) is 6.92 Å². The molecule has 5 heteroatoms. The molecule has 3 rings (SSSR count). The van der Waals surface area contributed by atoms with Gasteiger partial charge in [0.1, 0.15) is 18.8 Å². The molecular formula is C17H14O5. The lowest BCUT2D eigenvalue weighted by Crippen LogP contribution is -2.18. The van der Waals surface area contributed by atoms with E-state index in [9.17, 15) is 14.7 Å². The van der Waals surface area contributed by atoms with E-state index < -0.39 is 5.97 Å². The first-order chi connectivity index (χ1) is 10.6. The summed E-state index contributed by atoms with van der Waals surface area (Å²) >= 11 is 0. The van der Waals surface area contributed by atoms with Gasteiger partial charge in [0.25, 0.3) is 0 Å². The van der Waals surface area contributed by atoms with Gasteiger partial charge in [0.2, 0.25) is 0 Å². The fraction of sp³-hybridized carbons (Fsp3) is 0.176. The highest BCUT2D eigenvalue weighted by Gasteiger charge is 2.22. The van der Waals surface area contributed by atoms with E-state index in [-0.39, 0.29) is 17.1 Å². The Morgan fingerprint density at radius 2 is 1.68 bits per heavy atom. The van der Waals surface area contributed by atoms with Crippen LogP contribution in [-0.4, -0.2) is 30.1 Å². The van der Waals surface area contributed by atoms with Gasteiger partial charge in [-0.25, -0.2) is 4.79 Å². The maximum absolute atomic E-state index is 11.4. The molecule has 0 fully saturated rings. The molecule has 0 spiro atoms. The van der Waals surface area contributed by atoms with Crippen molar-refractivity contribution in [3.63, 3.8) is 0 Å². The van der Waals surface area contributed by atoms with Gasteiger partial charge in [0.15, 0.2) is 17.3 Å². The highest BCUT2D eigenvalue weighted by Crippen LogP contribution is 2.38. The molecule has 0 saturated carbocycles. The number of fused-ring (bicyclic) bond motifs is 1. The molecule has 0 radical (unpaired) electrons. The van der Waals surface area contributed by atoms with E-state index in [0.29, 0.717) is 30.1 Å². The summed E-state index contributed by atoms with van der Waals surface area (Å²) in [6.07, 6.45) is 0. The van der Waals surface area contributed by atoms with E-state index in [2.05, 4.69) is 0 Å². The number of carboxylic acid groups (broad SMARTS) is 1. The Kier molecular flexibility index (Phi) is 3.55. The summed E-state index contributed by atoms with van der Waals surface area (Å²) in [4.78, 5) is 22.7. The Labute approximate surface area is 127 Å². The zero-order valence-electron chi connectivity index (χ0n) is 12.0. The largest absolute Gasteiger partial charge is 0.486 e. The maximum atomic E-state index is 11.4. The molecule has 5 nitrogen and oxygen atoms in total. The van der Waals surface area contributed by atoms with Gasteiger partial charge in [-0.1, -0.05) is 24.3 Å². The summed E-state index contributed by atoms with van der Waals surface area (Å²) in [5.74, 6) is -0.386. The van der Waals surface area contributed by atoms with Crippen molar-refractivity contribution in [1.29, 1.82) is 0 Å². The minimum atomic E-state index is -1.07. The van der Waals surface area contributed by atoms with Gasteiger partial charge in [-0.15, -0.1) is 0 Å². The predicted octanol–water partition coefficient (Wildman–Crippen LogP) is 3.03. The third-order valence-electron chi connectivity index (χ3n) is 3.50. The molecule has 22 heavy (non-hydrogen) atoms. The molecule has 1 aliphatic rings. The first-order valence-corrected chi connectivity index (χ1v) is 6.84. The van der Waals surface area contributed by atoms with Crippen molar-refractivity contribution in [2.45, 2.75) is 6.92 Å². The Bertz CT molecular complexity index is 746. The Balaban J connectivity index is 2.09. The second-order valence-corrected chi connectivity index (χ2v) is 4.99. The van der Waals surface area contributed by atoms with Crippen LogP contribution in [0.4, 0.5) is 0 Å². The molecule has 0 atom stereocenters. The number of Topliss-reactive ketones (excluding diaryl/α,β-unsaturated/α-hetero) is 1. The summed E-state index contributed by atoms with van der Waals surface area (Å²) in [7, 11) is 0. The van der Waals surface area contributed by atoms with Crippen LogP contribution in [0.25, 0.3) is 11.1 Å². The van der Waals surface area contributed by atoms with Gasteiger partial charge < -0.3 is 14.6 Å². The number of benzene rings is 2. The lowest BCUT2D eigenvalue weighted by atomic mass is 9.99. The Hall–Kier alpha value is -2.82. The molecule has 0 unspecified atom stereocenters. The van der Waals surface area contributed by atoms with Crippen molar-refractivity contribution in [3.8, 4) is 22.6 Å². The van der Waals surface area contributed by atoms with E-state index in [1.54, 1.807) is 36.4 Å². The molecule has 1 aliphatic heterocycles. The van der Waals surface area contributed by atoms with Crippen molar-refractivity contribution in [1.82, 2.24) is 0 Å². The van der Waals surface area contributed by atoms with E-state index >= 15 is 0 Å². The molecule has 112 valence electrons. The average Bonchev–Trinajstić information content (AvgIpc) is 2.53. The molecule has 2 aromatic carbocycles. The van der Waals surface area contributed by atoms with E-state index in [4.69, 9.17) is 9.47 Å². The van der Waals surface area contributed by atoms with E-state index in [0.717, 1.165) is 5.56 Å². The van der Waals surface area contributed by atoms with Crippen LogP contribution < -0.4 is 9.47 Å². The first-order valence-electron chi connectivity index (χ1n) is 6.84. The minimum Gasteiger partial charge on any atom is -0.486 e. The molecule has 0 aliphatic carbocycles. The number of ether oxygens (including phenoxy) is 2. The lowest BCUT2D eigenvalue weighted by molar-refractivity contribution is 0.0686. The normalized spacial score (nSPS) is 12.8. The molecule has 1 N–H and O–H groups in total. The molecule has 0 amide bonds. The molecule has 1 heterocycles. The van der Waals surface area contributed by atoms with Gasteiger partial charge >= 0.3 is 5.97 Å². The molecule has 0 bridgehead atoms. The van der Waals surface area contributed by atoms with Crippen LogP contribution in [0.2, 0.25) is 0 Å². The zero-order chi connectivity index (χ0) is 15.7. The average molecular weight is 298 g/mol. The monoisotopic (exact) mass is 298 g/mol. The lowest BCUT2D eigenvalue weighted by Gasteiger charge is -2.21. The topological polar surface area (TPSA) is 72.8 Å². The standard InChI is InChI=1S/C17H14O5/c1-10(18)11-2-4-12(5-3-11)13-8-14(17(19)20)16-15(9-13)21-6-7-22-16/h2-5,8-9H,6-7H2,1H3,(H,19,20). The van der Waals surface area contributed by atoms with Crippen LogP contribution in [0.15, 0.2) is 36.4 Å². The van der Waals surface area contributed by atoms with Crippen molar-refractivity contribution < 1.29 is 24.2 Å². The van der Waals surface area contributed by atoms with Crippen LogP contribution in [0.3, 0.4) is 0 Å². The van der Waals surface area contributed by atoms with Crippen molar-refractivity contribution in [3.05, 3.63) is 47.5 Å². The molecule has 2 aromatic rings. The second-order valence-electron chi connectivity index (χ2n) is 4.99. The predicted molar refractivity (Wildman–Crippen MR) is 79.8 cm³/mol. The van der Waals surface area contributed by atoms with Gasteiger partial charge in [0, 0.05) is 5.56 Å². The Morgan fingerprint density at radius 1 is 1.00 bits per heavy atom. The van der Waals surface area contributed by atoms with Crippen LogP contribution in [0.1, 0.15) is 27.6 Å². The fourth-order valence-electron chi connectivity index (χ4n) is 2.38. The molecule has 0 aromatic heterocycles. The smallest absolute Gasteiger partial charge is 0.339 e. The highest BCUT2D eigenvalue weighted by atomic mass is 16.6.